The molecule has 2 atom stereocenters. The summed E-state index contributed by atoms with van der Waals surface area (Å²) >= 11 is 4.33. The minimum Gasteiger partial charge on any atom is -0.316 e. The first-order valence-corrected chi connectivity index (χ1v) is 4.63. The van der Waals surface area contributed by atoms with Crippen LogP contribution in [-0.4, -0.2) is 28.9 Å². The number of likely N-dealkylation sites (N-methyl/N-ethyl adjacent to an activating group) is 1. The molecule has 0 saturated heterocycles. The van der Waals surface area contributed by atoms with Crippen molar-refractivity contribution in [3.63, 3.8) is 0 Å². The van der Waals surface area contributed by atoms with Gasteiger partial charge in [-0.05, 0) is 26.9 Å². The second-order valence-electron chi connectivity index (χ2n) is 3.12. The Labute approximate surface area is 75.5 Å². The molecule has 0 aromatic rings. The first kappa shape index (κ1) is 11.3. The van der Waals surface area contributed by atoms with Crippen molar-refractivity contribution in [2.75, 3.05) is 13.1 Å². The Morgan fingerprint density at radius 1 is 1.45 bits per heavy atom. The summed E-state index contributed by atoms with van der Waals surface area (Å²) in [6.45, 7) is 10.4. The van der Waals surface area contributed by atoms with Crippen molar-refractivity contribution in [2.45, 2.75) is 38.6 Å². The van der Waals surface area contributed by atoms with Crippen LogP contribution in [0.4, 0.5) is 0 Å². The van der Waals surface area contributed by atoms with Gasteiger partial charge in [-0.15, -0.1) is 0 Å². The highest BCUT2D eigenvalue weighted by molar-refractivity contribution is 7.81. The normalized spacial score (nSPS) is 19.9. The van der Waals surface area contributed by atoms with E-state index >= 15 is 0 Å². The Morgan fingerprint density at radius 2 is 1.82 bits per heavy atom. The van der Waals surface area contributed by atoms with Gasteiger partial charge in [0.1, 0.15) is 0 Å². The van der Waals surface area contributed by atoms with Crippen LogP contribution in [0, 0.1) is 0 Å². The Balaban J connectivity index is 4.09. The minimum absolute atomic E-state index is 0.320. The van der Waals surface area contributed by atoms with Gasteiger partial charge in [0.25, 0.3) is 0 Å². The molecule has 0 heterocycles. The molecule has 0 rings (SSSR count). The zero-order chi connectivity index (χ0) is 9.07. The van der Waals surface area contributed by atoms with Crippen LogP contribution in [0.25, 0.3) is 0 Å². The second-order valence-corrected chi connectivity index (χ2v) is 4.09. The van der Waals surface area contributed by atoms with Crippen LogP contribution >= 0.6 is 12.6 Å². The lowest BCUT2D eigenvalue weighted by Gasteiger charge is -2.35. The van der Waals surface area contributed by atoms with Crippen molar-refractivity contribution in [2.24, 2.45) is 5.73 Å². The van der Waals surface area contributed by atoms with Crippen LogP contribution < -0.4 is 5.73 Å². The Bertz CT molecular complexity index is 105. The van der Waals surface area contributed by atoms with Gasteiger partial charge in [-0.1, -0.05) is 13.8 Å². The highest BCUT2D eigenvalue weighted by Gasteiger charge is 2.25. The number of nitrogens with zero attached hydrogens (tertiary/aromatic N) is 1. The third-order valence-electron chi connectivity index (χ3n) is 2.21. The summed E-state index contributed by atoms with van der Waals surface area (Å²) in [5, 5.41) is 0. The van der Waals surface area contributed by atoms with E-state index in [1.165, 1.54) is 0 Å². The van der Waals surface area contributed by atoms with Crippen molar-refractivity contribution in [3.8, 4) is 0 Å². The third-order valence-corrected chi connectivity index (χ3v) is 2.58. The van der Waals surface area contributed by atoms with Crippen LogP contribution in [0.15, 0.2) is 0 Å². The SMILES string of the molecule is CCN(CC)C(C)C(C)(N)S. The van der Waals surface area contributed by atoms with Crippen LogP contribution in [0.3, 0.4) is 0 Å². The molecule has 2 N–H and O–H groups in total. The number of thiol groups is 1. The van der Waals surface area contributed by atoms with Crippen LogP contribution in [0.5, 0.6) is 0 Å². The molecular formula is C8H20N2S. The maximum Gasteiger partial charge on any atom is 0.0716 e. The summed E-state index contributed by atoms with van der Waals surface area (Å²) in [5.74, 6) is 0. The van der Waals surface area contributed by atoms with E-state index in [1.54, 1.807) is 0 Å². The zero-order valence-corrected chi connectivity index (χ0v) is 8.86. The fourth-order valence-corrected chi connectivity index (χ4v) is 1.30. The molecule has 0 spiro atoms. The first-order chi connectivity index (χ1) is 4.93. The lowest BCUT2D eigenvalue weighted by atomic mass is 10.1. The van der Waals surface area contributed by atoms with E-state index in [4.69, 9.17) is 5.73 Å². The lowest BCUT2D eigenvalue weighted by Crippen LogP contribution is -2.51. The monoisotopic (exact) mass is 176 g/mol. The van der Waals surface area contributed by atoms with Gasteiger partial charge in [-0.25, -0.2) is 0 Å². The lowest BCUT2D eigenvalue weighted by molar-refractivity contribution is 0.197. The molecule has 0 bridgehead atoms. The van der Waals surface area contributed by atoms with Gasteiger partial charge in [0, 0.05) is 6.04 Å². The van der Waals surface area contributed by atoms with Crippen LogP contribution in [0.2, 0.25) is 0 Å². The van der Waals surface area contributed by atoms with Gasteiger partial charge in [0.15, 0.2) is 0 Å². The van der Waals surface area contributed by atoms with Gasteiger partial charge < -0.3 is 5.73 Å². The molecule has 68 valence electrons. The second kappa shape index (κ2) is 4.33. The molecule has 0 aromatic carbocycles. The fraction of sp³-hybridized carbons (Fsp3) is 1.00. The predicted octanol–water partition coefficient (Wildman–Crippen LogP) is 1.32. The average molecular weight is 176 g/mol. The summed E-state index contributed by atoms with van der Waals surface area (Å²) in [5.41, 5.74) is 5.85. The molecule has 3 heteroatoms. The molecule has 0 amide bonds. The molecule has 0 saturated carbocycles. The Morgan fingerprint density at radius 3 is 1.91 bits per heavy atom. The summed E-state index contributed by atoms with van der Waals surface area (Å²) < 4.78 is 0. The Hall–Kier alpha value is 0.270. The topological polar surface area (TPSA) is 29.3 Å². The minimum atomic E-state index is -0.397. The number of nitrogens with two attached hydrogens (primary N) is 1. The molecule has 0 aliphatic heterocycles. The zero-order valence-electron chi connectivity index (χ0n) is 7.96. The maximum absolute atomic E-state index is 5.85. The molecule has 0 aliphatic carbocycles. The Kier molecular flexibility index (Phi) is 4.44. The van der Waals surface area contributed by atoms with Gasteiger partial charge in [0.05, 0.1) is 4.87 Å². The highest BCUT2D eigenvalue weighted by Crippen LogP contribution is 2.16. The predicted molar refractivity (Wildman–Crippen MR) is 54.0 cm³/mol. The van der Waals surface area contributed by atoms with E-state index < -0.39 is 4.87 Å². The number of hydrogen-bond donors (Lipinski definition) is 2. The van der Waals surface area contributed by atoms with Crippen molar-refractivity contribution >= 4 is 12.6 Å². The fourth-order valence-electron chi connectivity index (χ4n) is 1.14. The van der Waals surface area contributed by atoms with Gasteiger partial charge in [0.2, 0.25) is 0 Å². The van der Waals surface area contributed by atoms with E-state index in [0.717, 1.165) is 13.1 Å². The molecule has 0 aliphatic rings. The number of hydrogen-bond acceptors (Lipinski definition) is 3. The average Bonchev–Trinajstić information content (AvgIpc) is 1.88. The molecular weight excluding hydrogens is 156 g/mol. The molecule has 11 heavy (non-hydrogen) atoms. The van der Waals surface area contributed by atoms with E-state index in [9.17, 15) is 0 Å². The van der Waals surface area contributed by atoms with Gasteiger partial charge in [-0.2, -0.15) is 12.6 Å². The third kappa shape index (κ3) is 3.45. The van der Waals surface area contributed by atoms with Crippen molar-refractivity contribution in [1.82, 2.24) is 4.90 Å². The van der Waals surface area contributed by atoms with E-state index in [-0.39, 0.29) is 0 Å². The molecule has 2 nitrogen and oxygen atoms in total. The molecule has 0 aromatic heterocycles. The van der Waals surface area contributed by atoms with Gasteiger partial charge >= 0.3 is 0 Å². The first-order valence-electron chi connectivity index (χ1n) is 4.18. The molecule has 0 radical (unpaired) electrons. The van der Waals surface area contributed by atoms with E-state index in [0.29, 0.717) is 6.04 Å². The van der Waals surface area contributed by atoms with E-state index in [2.05, 4.69) is 38.3 Å². The standard InChI is InChI=1S/C8H20N2S/c1-5-10(6-2)7(3)8(4,9)11/h7,11H,5-6,9H2,1-4H3. The van der Waals surface area contributed by atoms with Crippen LogP contribution in [-0.2, 0) is 0 Å². The smallest absolute Gasteiger partial charge is 0.0716 e. The summed E-state index contributed by atoms with van der Waals surface area (Å²) in [6.07, 6.45) is 0. The van der Waals surface area contributed by atoms with E-state index in [1.807, 2.05) is 6.92 Å². The van der Waals surface area contributed by atoms with Gasteiger partial charge in [-0.3, -0.25) is 4.90 Å². The maximum atomic E-state index is 5.85. The quantitative estimate of drug-likeness (QED) is 0.500. The van der Waals surface area contributed by atoms with Crippen molar-refractivity contribution < 1.29 is 0 Å². The van der Waals surface area contributed by atoms with Crippen molar-refractivity contribution in [1.29, 1.82) is 0 Å². The van der Waals surface area contributed by atoms with Crippen LogP contribution in [0.1, 0.15) is 27.7 Å². The summed E-state index contributed by atoms with van der Waals surface area (Å²) in [6, 6.07) is 0.320. The number of rotatable bonds is 4. The van der Waals surface area contributed by atoms with Crippen molar-refractivity contribution in [3.05, 3.63) is 0 Å². The summed E-state index contributed by atoms with van der Waals surface area (Å²) in [4.78, 5) is 1.90. The summed E-state index contributed by atoms with van der Waals surface area (Å²) in [7, 11) is 0. The largest absolute Gasteiger partial charge is 0.316 e. The highest BCUT2D eigenvalue weighted by atomic mass is 32.1. The molecule has 0 fully saturated rings. The molecule has 2 unspecified atom stereocenters.